The Kier molecular flexibility index (Phi) is 3.35. The highest BCUT2D eigenvalue weighted by molar-refractivity contribution is 5.86. The van der Waals surface area contributed by atoms with Crippen molar-refractivity contribution in [3.05, 3.63) is 59.7 Å². The molecule has 3 nitrogen and oxygen atoms in total. The number of nitrogens with zero attached hydrogens (tertiary/aromatic N) is 2. The highest BCUT2D eigenvalue weighted by Crippen LogP contribution is 2.39. The molecule has 112 valence electrons. The van der Waals surface area contributed by atoms with Gasteiger partial charge in [0.25, 0.3) is 0 Å². The van der Waals surface area contributed by atoms with Gasteiger partial charge in [-0.05, 0) is 31.3 Å². The molecular formula is C19H20N2O. The standard InChI is InChI=1S/C19H20N2O/c1-20-10-12-21(13-11-20)17-14-15-6-2-4-8-18(15)22-19-9-5-3-7-16(17)19/h2-9,14H,10-13H2,1H3. The minimum atomic E-state index is 0.930. The number of piperazine rings is 1. The Balaban J connectivity index is 1.82. The normalized spacial score (nSPS) is 17.9. The zero-order chi connectivity index (χ0) is 14.9. The number of ether oxygens (including phenoxy) is 1. The molecule has 2 heterocycles. The molecule has 0 radical (unpaired) electrons. The van der Waals surface area contributed by atoms with Crippen LogP contribution in [0.5, 0.6) is 11.5 Å². The molecule has 1 saturated heterocycles. The molecule has 2 aromatic carbocycles. The number of para-hydroxylation sites is 2. The van der Waals surface area contributed by atoms with Crippen molar-refractivity contribution in [1.29, 1.82) is 0 Å². The largest absolute Gasteiger partial charge is 0.456 e. The van der Waals surface area contributed by atoms with Crippen LogP contribution in [-0.4, -0.2) is 43.0 Å². The fourth-order valence-corrected chi connectivity index (χ4v) is 3.11. The Labute approximate surface area is 131 Å². The van der Waals surface area contributed by atoms with Gasteiger partial charge in [0.1, 0.15) is 11.5 Å². The monoisotopic (exact) mass is 292 g/mol. The van der Waals surface area contributed by atoms with Crippen LogP contribution in [0.1, 0.15) is 11.1 Å². The first-order valence-corrected chi connectivity index (χ1v) is 7.83. The van der Waals surface area contributed by atoms with E-state index in [0.29, 0.717) is 0 Å². The van der Waals surface area contributed by atoms with E-state index in [1.165, 1.54) is 11.3 Å². The molecule has 4 rings (SSSR count). The first kappa shape index (κ1) is 13.4. The summed E-state index contributed by atoms with van der Waals surface area (Å²) in [5.74, 6) is 1.87. The molecule has 0 amide bonds. The minimum absolute atomic E-state index is 0.930. The smallest absolute Gasteiger partial charge is 0.136 e. The first-order chi connectivity index (χ1) is 10.8. The summed E-state index contributed by atoms with van der Waals surface area (Å²) in [7, 11) is 2.19. The van der Waals surface area contributed by atoms with Gasteiger partial charge in [0.2, 0.25) is 0 Å². The van der Waals surface area contributed by atoms with Crippen LogP contribution in [0.4, 0.5) is 0 Å². The van der Waals surface area contributed by atoms with E-state index in [4.69, 9.17) is 4.74 Å². The zero-order valence-electron chi connectivity index (χ0n) is 12.8. The lowest BCUT2D eigenvalue weighted by Gasteiger charge is -2.35. The molecule has 2 aromatic rings. The lowest BCUT2D eigenvalue weighted by atomic mass is 10.1. The van der Waals surface area contributed by atoms with Gasteiger partial charge in [-0.2, -0.15) is 0 Å². The Morgan fingerprint density at radius 2 is 1.50 bits per heavy atom. The minimum Gasteiger partial charge on any atom is -0.456 e. The number of hydrogen-bond acceptors (Lipinski definition) is 3. The summed E-state index contributed by atoms with van der Waals surface area (Å²) in [4.78, 5) is 4.86. The molecule has 0 bridgehead atoms. The van der Waals surface area contributed by atoms with Crippen LogP contribution >= 0.6 is 0 Å². The predicted octanol–water partition coefficient (Wildman–Crippen LogP) is 3.54. The van der Waals surface area contributed by atoms with Crippen molar-refractivity contribution in [2.75, 3.05) is 33.2 Å². The number of likely N-dealkylation sites (N-methyl/N-ethyl adjacent to an activating group) is 1. The predicted molar refractivity (Wildman–Crippen MR) is 89.9 cm³/mol. The van der Waals surface area contributed by atoms with E-state index in [-0.39, 0.29) is 0 Å². The number of fused-ring (bicyclic) bond motifs is 2. The molecule has 0 atom stereocenters. The summed E-state index contributed by atoms with van der Waals surface area (Å²) in [6, 6.07) is 16.6. The van der Waals surface area contributed by atoms with Gasteiger partial charge >= 0.3 is 0 Å². The van der Waals surface area contributed by atoms with Crippen molar-refractivity contribution in [3.63, 3.8) is 0 Å². The van der Waals surface area contributed by atoms with Crippen LogP contribution in [0.2, 0.25) is 0 Å². The zero-order valence-corrected chi connectivity index (χ0v) is 12.8. The molecule has 0 spiro atoms. The molecule has 2 aliphatic heterocycles. The number of benzene rings is 2. The van der Waals surface area contributed by atoms with E-state index in [9.17, 15) is 0 Å². The molecule has 0 unspecified atom stereocenters. The Morgan fingerprint density at radius 1 is 0.818 bits per heavy atom. The van der Waals surface area contributed by atoms with Crippen LogP contribution in [0.15, 0.2) is 48.5 Å². The average molecular weight is 292 g/mol. The highest BCUT2D eigenvalue weighted by atomic mass is 16.5. The molecule has 0 aromatic heterocycles. The third-order valence-electron chi connectivity index (χ3n) is 4.44. The summed E-state index contributed by atoms with van der Waals surface area (Å²) in [6.45, 7) is 4.31. The topological polar surface area (TPSA) is 15.7 Å². The van der Waals surface area contributed by atoms with Gasteiger partial charge in [0, 0.05) is 43.0 Å². The maximum Gasteiger partial charge on any atom is 0.136 e. The molecule has 0 aliphatic carbocycles. The van der Waals surface area contributed by atoms with Gasteiger partial charge in [-0.25, -0.2) is 0 Å². The van der Waals surface area contributed by atoms with Crippen LogP contribution in [-0.2, 0) is 0 Å². The van der Waals surface area contributed by atoms with Gasteiger partial charge in [-0.3, -0.25) is 0 Å². The third kappa shape index (κ3) is 2.38. The van der Waals surface area contributed by atoms with Gasteiger partial charge < -0.3 is 14.5 Å². The van der Waals surface area contributed by atoms with E-state index < -0.39 is 0 Å². The maximum atomic E-state index is 6.16. The average Bonchev–Trinajstić information content (AvgIpc) is 2.72. The Morgan fingerprint density at radius 3 is 2.32 bits per heavy atom. The molecule has 0 N–H and O–H groups in total. The fraction of sp³-hybridized carbons (Fsp3) is 0.263. The van der Waals surface area contributed by atoms with Crippen molar-refractivity contribution < 1.29 is 4.74 Å². The first-order valence-electron chi connectivity index (χ1n) is 7.83. The van der Waals surface area contributed by atoms with Crippen LogP contribution < -0.4 is 4.74 Å². The summed E-state index contributed by atoms with van der Waals surface area (Å²) < 4.78 is 6.16. The van der Waals surface area contributed by atoms with Crippen LogP contribution in [0, 0.1) is 0 Å². The van der Waals surface area contributed by atoms with E-state index in [2.05, 4.69) is 53.3 Å². The van der Waals surface area contributed by atoms with E-state index >= 15 is 0 Å². The summed E-state index contributed by atoms with van der Waals surface area (Å²) in [5.41, 5.74) is 3.60. The van der Waals surface area contributed by atoms with Gasteiger partial charge in [-0.1, -0.05) is 30.3 Å². The van der Waals surface area contributed by atoms with Gasteiger partial charge in [0.15, 0.2) is 0 Å². The summed E-state index contributed by atoms with van der Waals surface area (Å²) in [5, 5.41) is 0. The number of rotatable bonds is 1. The van der Waals surface area contributed by atoms with Crippen molar-refractivity contribution in [2.24, 2.45) is 0 Å². The molecule has 2 aliphatic rings. The Bertz CT molecular complexity index is 715. The lowest BCUT2D eigenvalue weighted by molar-refractivity contribution is 0.207. The molecule has 1 fully saturated rings. The fourth-order valence-electron chi connectivity index (χ4n) is 3.11. The van der Waals surface area contributed by atoms with E-state index in [1.807, 2.05) is 18.2 Å². The van der Waals surface area contributed by atoms with Gasteiger partial charge in [-0.15, -0.1) is 0 Å². The molecule has 3 heteroatoms. The van der Waals surface area contributed by atoms with Crippen LogP contribution in [0.25, 0.3) is 11.8 Å². The highest BCUT2D eigenvalue weighted by Gasteiger charge is 2.22. The number of hydrogen-bond donors (Lipinski definition) is 0. The van der Waals surface area contributed by atoms with Crippen molar-refractivity contribution in [1.82, 2.24) is 9.80 Å². The molecule has 22 heavy (non-hydrogen) atoms. The summed E-state index contributed by atoms with van der Waals surface area (Å²) in [6.07, 6.45) is 2.27. The quantitative estimate of drug-likeness (QED) is 0.799. The van der Waals surface area contributed by atoms with Crippen molar-refractivity contribution >= 4 is 11.8 Å². The SMILES string of the molecule is CN1CCN(C2=Cc3ccccc3Oc3ccccc32)CC1. The van der Waals surface area contributed by atoms with Crippen molar-refractivity contribution in [3.8, 4) is 11.5 Å². The third-order valence-corrected chi connectivity index (χ3v) is 4.44. The Hall–Kier alpha value is -2.26. The second-order valence-electron chi connectivity index (χ2n) is 5.96. The lowest BCUT2D eigenvalue weighted by Crippen LogP contribution is -2.43. The molecule has 0 saturated carbocycles. The molecular weight excluding hydrogens is 272 g/mol. The maximum absolute atomic E-state index is 6.16. The van der Waals surface area contributed by atoms with E-state index in [1.54, 1.807) is 0 Å². The van der Waals surface area contributed by atoms with Crippen molar-refractivity contribution in [2.45, 2.75) is 0 Å². The van der Waals surface area contributed by atoms with Gasteiger partial charge in [0.05, 0.1) is 0 Å². The second kappa shape index (κ2) is 5.50. The summed E-state index contributed by atoms with van der Waals surface area (Å²) >= 11 is 0. The second-order valence-corrected chi connectivity index (χ2v) is 5.96. The van der Waals surface area contributed by atoms with Crippen LogP contribution in [0.3, 0.4) is 0 Å². The van der Waals surface area contributed by atoms with E-state index in [0.717, 1.165) is 43.2 Å².